The highest BCUT2D eigenvalue weighted by atomic mass is 79.9. The first kappa shape index (κ1) is 14.9. The van der Waals surface area contributed by atoms with Crippen LogP contribution in [0.15, 0.2) is 39.6 Å². The van der Waals surface area contributed by atoms with Gasteiger partial charge in [-0.15, -0.1) is 0 Å². The number of carboxylic acids is 1. The highest BCUT2D eigenvalue weighted by Crippen LogP contribution is 2.24. The number of aromatic carboxylic acids is 1. The maximum absolute atomic E-state index is 12.0. The molecule has 8 heteroatoms. The van der Waals surface area contributed by atoms with Gasteiger partial charge in [-0.05, 0) is 40.2 Å². The molecule has 1 aromatic heterocycles. The maximum Gasteiger partial charge on any atom is 0.335 e. The topological polar surface area (TPSA) is 101 Å². The summed E-state index contributed by atoms with van der Waals surface area (Å²) in [5.41, 5.74) is 0.255. The van der Waals surface area contributed by atoms with Crippen molar-refractivity contribution in [2.75, 3.05) is 5.32 Å². The number of anilines is 1. The molecule has 0 aliphatic heterocycles. The van der Waals surface area contributed by atoms with Gasteiger partial charge >= 0.3 is 5.97 Å². The molecule has 2 rings (SSSR count). The van der Waals surface area contributed by atoms with Crippen LogP contribution in [0.5, 0.6) is 0 Å². The highest BCUT2D eigenvalue weighted by molar-refractivity contribution is 9.10. The smallest absolute Gasteiger partial charge is 0.335 e. The number of amides is 1. The van der Waals surface area contributed by atoms with Gasteiger partial charge in [0.05, 0.1) is 11.3 Å². The minimum Gasteiger partial charge on any atom is -0.478 e. The molecule has 0 radical (unpaired) electrons. The van der Waals surface area contributed by atoms with Crippen LogP contribution in [0.2, 0.25) is 0 Å². The molecular weight excluding hydrogens is 342 g/mol. The standard InChI is InChI=1S/C13H10BrN3O4/c1-17-11(18)5-4-10(16-17)12(19)15-9-3-2-7(13(20)21)6-8(9)14/h2-6H,1H3,(H,15,19)(H,20,21). The molecule has 0 spiro atoms. The van der Waals surface area contributed by atoms with E-state index in [-0.39, 0.29) is 16.8 Å². The number of carbonyl (C=O) groups excluding carboxylic acids is 1. The lowest BCUT2D eigenvalue weighted by atomic mass is 10.2. The van der Waals surface area contributed by atoms with E-state index in [0.717, 1.165) is 4.68 Å². The molecule has 0 saturated heterocycles. The lowest BCUT2D eigenvalue weighted by molar-refractivity contribution is 0.0696. The molecule has 2 N–H and O–H groups in total. The minimum atomic E-state index is -1.06. The molecule has 108 valence electrons. The molecule has 21 heavy (non-hydrogen) atoms. The Balaban J connectivity index is 2.25. The van der Waals surface area contributed by atoms with Gasteiger partial charge in [0.15, 0.2) is 0 Å². The Kier molecular flexibility index (Phi) is 4.18. The first-order valence-corrected chi connectivity index (χ1v) is 6.56. The molecule has 1 amide bonds. The average Bonchev–Trinajstić information content (AvgIpc) is 2.43. The fourth-order valence-electron chi connectivity index (χ4n) is 1.56. The van der Waals surface area contributed by atoms with Gasteiger partial charge in [0, 0.05) is 17.6 Å². The third-order valence-electron chi connectivity index (χ3n) is 2.66. The molecule has 1 heterocycles. The van der Waals surface area contributed by atoms with Gasteiger partial charge in [0.2, 0.25) is 0 Å². The molecule has 7 nitrogen and oxygen atoms in total. The summed E-state index contributed by atoms with van der Waals surface area (Å²) in [7, 11) is 1.44. The van der Waals surface area contributed by atoms with Gasteiger partial charge in [-0.25, -0.2) is 9.48 Å². The first-order chi connectivity index (χ1) is 9.88. The predicted molar refractivity (Wildman–Crippen MR) is 78.5 cm³/mol. The Hall–Kier alpha value is -2.48. The fourth-order valence-corrected chi connectivity index (χ4v) is 2.04. The molecule has 0 bridgehead atoms. The van der Waals surface area contributed by atoms with Gasteiger partial charge in [0.1, 0.15) is 5.69 Å². The number of benzene rings is 1. The lowest BCUT2D eigenvalue weighted by Crippen LogP contribution is -2.23. The summed E-state index contributed by atoms with van der Waals surface area (Å²) in [6, 6.07) is 6.78. The quantitative estimate of drug-likeness (QED) is 0.872. The zero-order valence-corrected chi connectivity index (χ0v) is 12.4. The zero-order chi connectivity index (χ0) is 15.6. The Morgan fingerprint density at radius 1 is 1.29 bits per heavy atom. The van der Waals surface area contributed by atoms with E-state index in [9.17, 15) is 14.4 Å². The van der Waals surface area contributed by atoms with Crippen molar-refractivity contribution in [3.8, 4) is 0 Å². The molecule has 0 aliphatic rings. The highest BCUT2D eigenvalue weighted by Gasteiger charge is 2.12. The Morgan fingerprint density at radius 3 is 2.57 bits per heavy atom. The van der Waals surface area contributed by atoms with Gasteiger partial charge in [-0.1, -0.05) is 0 Å². The number of carboxylic acid groups (broad SMARTS) is 1. The van der Waals surface area contributed by atoms with Crippen LogP contribution in [0.3, 0.4) is 0 Å². The normalized spacial score (nSPS) is 10.2. The van der Waals surface area contributed by atoms with Crippen LogP contribution in [-0.2, 0) is 7.05 Å². The monoisotopic (exact) mass is 351 g/mol. The van der Waals surface area contributed by atoms with E-state index in [1.165, 1.54) is 37.4 Å². The van der Waals surface area contributed by atoms with Crippen molar-refractivity contribution in [2.45, 2.75) is 0 Å². The van der Waals surface area contributed by atoms with Crippen molar-refractivity contribution in [3.05, 3.63) is 56.4 Å². The molecule has 0 atom stereocenters. The number of hydrogen-bond donors (Lipinski definition) is 2. The Morgan fingerprint density at radius 2 is 2.00 bits per heavy atom. The van der Waals surface area contributed by atoms with Crippen molar-refractivity contribution >= 4 is 33.5 Å². The van der Waals surface area contributed by atoms with E-state index in [0.29, 0.717) is 10.2 Å². The summed E-state index contributed by atoms with van der Waals surface area (Å²) in [4.78, 5) is 34.1. The van der Waals surface area contributed by atoms with Crippen molar-refractivity contribution in [1.29, 1.82) is 0 Å². The van der Waals surface area contributed by atoms with Crippen LogP contribution in [0.25, 0.3) is 0 Å². The second kappa shape index (κ2) is 5.88. The van der Waals surface area contributed by atoms with Crippen LogP contribution >= 0.6 is 15.9 Å². The summed E-state index contributed by atoms with van der Waals surface area (Å²) in [5.74, 6) is -1.57. The molecular formula is C13H10BrN3O4. The third kappa shape index (κ3) is 3.34. The number of nitrogens with one attached hydrogen (secondary N) is 1. The average molecular weight is 352 g/mol. The molecule has 0 unspecified atom stereocenters. The summed E-state index contributed by atoms with van der Waals surface area (Å²) in [5, 5.41) is 15.3. The first-order valence-electron chi connectivity index (χ1n) is 5.77. The second-order valence-electron chi connectivity index (χ2n) is 4.13. The van der Waals surface area contributed by atoms with E-state index < -0.39 is 11.9 Å². The van der Waals surface area contributed by atoms with E-state index in [1.54, 1.807) is 0 Å². The van der Waals surface area contributed by atoms with Crippen LogP contribution in [-0.4, -0.2) is 26.8 Å². The molecule has 2 aromatic rings. The van der Waals surface area contributed by atoms with Crippen LogP contribution < -0.4 is 10.9 Å². The third-order valence-corrected chi connectivity index (χ3v) is 3.31. The molecule has 0 fully saturated rings. The number of aryl methyl sites for hydroxylation is 1. The van der Waals surface area contributed by atoms with Gasteiger partial charge in [-0.3, -0.25) is 9.59 Å². The number of aromatic nitrogens is 2. The summed E-state index contributed by atoms with van der Waals surface area (Å²) in [6.45, 7) is 0. The summed E-state index contributed by atoms with van der Waals surface area (Å²) in [6.07, 6.45) is 0. The van der Waals surface area contributed by atoms with E-state index in [4.69, 9.17) is 5.11 Å². The molecule has 0 aliphatic carbocycles. The Bertz CT molecular complexity index is 785. The van der Waals surface area contributed by atoms with E-state index in [1.807, 2.05) is 0 Å². The molecule has 0 saturated carbocycles. The second-order valence-corrected chi connectivity index (χ2v) is 4.99. The van der Waals surface area contributed by atoms with Gasteiger partial charge in [-0.2, -0.15) is 5.10 Å². The number of halogens is 1. The van der Waals surface area contributed by atoms with Crippen LogP contribution in [0.1, 0.15) is 20.8 Å². The predicted octanol–water partition coefficient (Wildman–Crippen LogP) is 1.49. The largest absolute Gasteiger partial charge is 0.478 e. The number of nitrogens with zero attached hydrogens (tertiary/aromatic N) is 2. The van der Waals surface area contributed by atoms with Crippen LogP contribution in [0, 0.1) is 0 Å². The SMILES string of the molecule is Cn1nc(C(=O)Nc2ccc(C(=O)O)cc2Br)ccc1=O. The van der Waals surface area contributed by atoms with Crippen molar-refractivity contribution in [2.24, 2.45) is 7.05 Å². The van der Waals surface area contributed by atoms with Crippen LogP contribution in [0.4, 0.5) is 5.69 Å². The summed E-state index contributed by atoms with van der Waals surface area (Å²) >= 11 is 3.19. The van der Waals surface area contributed by atoms with Crippen molar-refractivity contribution in [1.82, 2.24) is 9.78 Å². The Labute approximate surface area is 127 Å². The number of hydrogen-bond acceptors (Lipinski definition) is 4. The van der Waals surface area contributed by atoms with Gasteiger partial charge in [0.25, 0.3) is 11.5 Å². The minimum absolute atomic E-state index is 0.0753. The lowest BCUT2D eigenvalue weighted by Gasteiger charge is -2.08. The number of carbonyl (C=O) groups is 2. The summed E-state index contributed by atoms with van der Waals surface area (Å²) < 4.78 is 1.48. The maximum atomic E-state index is 12.0. The van der Waals surface area contributed by atoms with Gasteiger partial charge < -0.3 is 10.4 Å². The zero-order valence-electron chi connectivity index (χ0n) is 10.8. The van der Waals surface area contributed by atoms with Crippen molar-refractivity contribution in [3.63, 3.8) is 0 Å². The van der Waals surface area contributed by atoms with Crippen molar-refractivity contribution < 1.29 is 14.7 Å². The number of rotatable bonds is 3. The molecule has 1 aromatic carbocycles. The van der Waals surface area contributed by atoms with E-state index in [2.05, 4.69) is 26.3 Å². The van der Waals surface area contributed by atoms with E-state index >= 15 is 0 Å². The fraction of sp³-hybridized carbons (Fsp3) is 0.0769.